The van der Waals surface area contributed by atoms with Crippen LogP contribution in [0.15, 0.2) is 30.5 Å². The molecule has 0 aliphatic carbocycles. The molecule has 0 spiro atoms. The lowest BCUT2D eigenvalue weighted by Gasteiger charge is -2.07. The number of benzene rings is 1. The maximum Gasteiger partial charge on any atom is 0.255 e. The number of phenols is 1. The van der Waals surface area contributed by atoms with E-state index in [1.165, 1.54) is 0 Å². The Morgan fingerprint density at radius 2 is 2.22 bits per heavy atom. The maximum absolute atomic E-state index is 11.9. The molecule has 5 nitrogen and oxygen atoms in total. The van der Waals surface area contributed by atoms with Crippen LogP contribution in [0.2, 0.25) is 0 Å². The molecule has 94 valence electrons. The maximum atomic E-state index is 11.9. The molecule has 18 heavy (non-hydrogen) atoms. The van der Waals surface area contributed by atoms with Gasteiger partial charge in [0.15, 0.2) is 0 Å². The van der Waals surface area contributed by atoms with Crippen molar-refractivity contribution in [2.75, 3.05) is 0 Å². The fraction of sp³-hybridized carbons (Fsp3) is 0.231. The van der Waals surface area contributed by atoms with Crippen LogP contribution in [0, 0.1) is 6.92 Å². The molecule has 5 heteroatoms. The van der Waals surface area contributed by atoms with Gasteiger partial charge in [-0.25, -0.2) is 0 Å². The van der Waals surface area contributed by atoms with E-state index < -0.39 is 0 Å². The lowest BCUT2D eigenvalue weighted by Crippen LogP contribution is -2.24. The molecule has 2 rings (SSSR count). The first-order chi connectivity index (χ1) is 8.58. The first-order valence-corrected chi connectivity index (χ1v) is 5.62. The number of phenolic OH excluding ortho intramolecular Hbond substituents is 1. The Bertz CT molecular complexity index is 575. The highest BCUT2D eigenvalue weighted by molar-refractivity contribution is 5.96. The number of hydrogen-bond acceptors (Lipinski definition) is 3. The highest BCUT2D eigenvalue weighted by atomic mass is 16.3. The summed E-state index contributed by atoms with van der Waals surface area (Å²) in [7, 11) is 1.81. The van der Waals surface area contributed by atoms with Gasteiger partial charge in [-0.05, 0) is 30.7 Å². The van der Waals surface area contributed by atoms with Crippen LogP contribution in [0.25, 0.3) is 0 Å². The summed E-state index contributed by atoms with van der Waals surface area (Å²) < 4.78 is 1.69. The van der Waals surface area contributed by atoms with E-state index in [4.69, 9.17) is 0 Å². The molecule has 1 heterocycles. The molecular weight excluding hydrogens is 230 g/mol. The summed E-state index contributed by atoms with van der Waals surface area (Å²) in [5.74, 6) is -0.300. The van der Waals surface area contributed by atoms with Crippen molar-refractivity contribution in [1.29, 1.82) is 0 Å². The molecule has 1 amide bonds. The standard InChI is InChI=1S/C13H15N3O2/c1-9-3-4-11(12(17)7-9)13(18)14-8-10-5-6-15-16(10)2/h3-7,17H,8H2,1-2H3,(H,14,18). The van der Waals surface area contributed by atoms with Gasteiger partial charge in [-0.3, -0.25) is 9.48 Å². The van der Waals surface area contributed by atoms with Gasteiger partial charge in [-0.15, -0.1) is 0 Å². The van der Waals surface area contributed by atoms with Crippen molar-refractivity contribution in [2.24, 2.45) is 7.05 Å². The second-order valence-corrected chi connectivity index (χ2v) is 4.15. The number of aromatic hydroxyl groups is 1. The summed E-state index contributed by atoms with van der Waals surface area (Å²) >= 11 is 0. The minimum atomic E-state index is -0.297. The van der Waals surface area contributed by atoms with Gasteiger partial charge in [-0.2, -0.15) is 5.10 Å². The van der Waals surface area contributed by atoms with Crippen molar-refractivity contribution in [3.05, 3.63) is 47.3 Å². The minimum absolute atomic E-state index is 0.00231. The van der Waals surface area contributed by atoms with E-state index in [-0.39, 0.29) is 17.2 Å². The molecular formula is C13H15N3O2. The zero-order valence-electron chi connectivity index (χ0n) is 10.3. The number of carbonyl (C=O) groups excluding carboxylic acids is 1. The number of rotatable bonds is 3. The average Bonchev–Trinajstić information content (AvgIpc) is 2.72. The van der Waals surface area contributed by atoms with E-state index in [0.717, 1.165) is 11.3 Å². The number of nitrogens with zero attached hydrogens (tertiary/aromatic N) is 2. The van der Waals surface area contributed by atoms with Gasteiger partial charge in [0, 0.05) is 13.2 Å². The molecule has 0 saturated heterocycles. The second kappa shape index (κ2) is 4.91. The van der Waals surface area contributed by atoms with Crippen LogP contribution >= 0.6 is 0 Å². The van der Waals surface area contributed by atoms with Crippen LogP contribution in [0.1, 0.15) is 21.6 Å². The zero-order valence-corrected chi connectivity index (χ0v) is 10.3. The van der Waals surface area contributed by atoms with Gasteiger partial charge < -0.3 is 10.4 Å². The monoisotopic (exact) mass is 245 g/mol. The van der Waals surface area contributed by atoms with Crippen molar-refractivity contribution in [1.82, 2.24) is 15.1 Å². The molecule has 0 saturated carbocycles. The molecule has 0 unspecified atom stereocenters. The number of aromatic nitrogens is 2. The molecule has 1 aromatic heterocycles. The number of aryl methyl sites for hydroxylation is 2. The van der Waals surface area contributed by atoms with E-state index in [1.807, 2.05) is 20.0 Å². The third kappa shape index (κ3) is 2.51. The second-order valence-electron chi connectivity index (χ2n) is 4.15. The lowest BCUT2D eigenvalue weighted by molar-refractivity contribution is 0.0947. The molecule has 1 aromatic carbocycles. The van der Waals surface area contributed by atoms with E-state index in [2.05, 4.69) is 10.4 Å². The molecule has 0 bridgehead atoms. The third-order valence-electron chi connectivity index (χ3n) is 2.75. The van der Waals surface area contributed by atoms with Gasteiger partial charge >= 0.3 is 0 Å². The number of amides is 1. The molecule has 2 aromatic rings. The Balaban J connectivity index is 2.06. The molecule has 0 radical (unpaired) electrons. The van der Waals surface area contributed by atoms with Crippen LogP contribution in [0.4, 0.5) is 0 Å². The Kier molecular flexibility index (Phi) is 3.32. The molecule has 2 N–H and O–H groups in total. The fourth-order valence-electron chi connectivity index (χ4n) is 1.67. The van der Waals surface area contributed by atoms with E-state index >= 15 is 0 Å². The Morgan fingerprint density at radius 1 is 1.44 bits per heavy atom. The summed E-state index contributed by atoms with van der Waals surface area (Å²) in [6.45, 7) is 2.24. The highest BCUT2D eigenvalue weighted by Gasteiger charge is 2.11. The summed E-state index contributed by atoms with van der Waals surface area (Å²) in [6, 6.07) is 6.80. The summed E-state index contributed by atoms with van der Waals surface area (Å²) in [6.07, 6.45) is 1.67. The predicted octanol–water partition coefficient (Wildman–Crippen LogP) is 1.36. The number of carbonyl (C=O) groups is 1. The summed E-state index contributed by atoms with van der Waals surface area (Å²) in [4.78, 5) is 11.9. The van der Waals surface area contributed by atoms with Gasteiger partial charge in [-0.1, -0.05) is 6.07 Å². The Labute approximate surface area is 105 Å². The van der Waals surface area contributed by atoms with Crippen molar-refractivity contribution < 1.29 is 9.90 Å². The van der Waals surface area contributed by atoms with Crippen molar-refractivity contribution in [3.8, 4) is 5.75 Å². The highest BCUT2D eigenvalue weighted by Crippen LogP contribution is 2.18. The Hall–Kier alpha value is -2.30. The SMILES string of the molecule is Cc1ccc(C(=O)NCc2ccnn2C)c(O)c1. The normalized spacial score (nSPS) is 10.3. The first kappa shape index (κ1) is 12.2. The number of nitrogens with one attached hydrogen (secondary N) is 1. The predicted molar refractivity (Wildman–Crippen MR) is 67.2 cm³/mol. The number of hydrogen-bond donors (Lipinski definition) is 2. The third-order valence-corrected chi connectivity index (χ3v) is 2.75. The molecule has 0 fully saturated rings. The van der Waals surface area contributed by atoms with Crippen LogP contribution in [0.3, 0.4) is 0 Å². The smallest absolute Gasteiger partial charge is 0.255 e. The molecule has 0 atom stereocenters. The van der Waals surface area contributed by atoms with Crippen molar-refractivity contribution in [3.63, 3.8) is 0 Å². The van der Waals surface area contributed by atoms with Gasteiger partial charge in [0.1, 0.15) is 5.75 Å². The quantitative estimate of drug-likeness (QED) is 0.858. The van der Waals surface area contributed by atoms with Gasteiger partial charge in [0.2, 0.25) is 0 Å². The average molecular weight is 245 g/mol. The zero-order chi connectivity index (χ0) is 13.1. The van der Waals surface area contributed by atoms with Crippen LogP contribution in [-0.2, 0) is 13.6 Å². The lowest BCUT2D eigenvalue weighted by atomic mass is 10.1. The topological polar surface area (TPSA) is 67.2 Å². The fourth-order valence-corrected chi connectivity index (χ4v) is 1.67. The Morgan fingerprint density at radius 3 is 2.83 bits per heavy atom. The van der Waals surface area contributed by atoms with Crippen LogP contribution in [0.5, 0.6) is 5.75 Å². The van der Waals surface area contributed by atoms with Crippen LogP contribution < -0.4 is 5.32 Å². The van der Waals surface area contributed by atoms with Gasteiger partial charge in [0.05, 0.1) is 17.8 Å². The first-order valence-electron chi connectivity index (χ1n) is 5.62. The molecule has 0 aliphatic rings. The van der Waals surface area contributed by atoms with Gasteiger partial charge in [0.25, 0.3) is 5.91 Å². The summed E-state index contributed by atoms with van der Waals surface area (Å²) in [5.41, 5.74) is 2.09. The molecule has 0 aliphatic heterocycles. The van der Waals surface area contributed by atoms with Crippen molar-refractivity contribution in [2.45, 2.75) is 13.5 Å². The van der Waals surface area contributed by atoms with Crippen LogP contribution in [-0.4, -0.2) is 20.8 Å². The van der Waals surface area contributed by atoms with E-state index in [1.54, 1.807) is 29.1 Å². The van der Waals surface area contributed by atoms with E-state index in [0.29, 0.717) is 6.54 Å². The summed E-state index contributed by atoms with van der Waals surface area (Å²) in [5, 5.41) is 16.5. The van der Waals surface area contributed by atoms with E-state index in [9.17, 15) is 9.90 Å². The largest absolute Gasteiger partial charge is 0.507 e. The minimum Gasteiger partial charge on any atom is -0.507 e. The van der Waals surface area contributed by atoms with Crippen molar-refractivity contribution >= 4 is 5.91 Å².